The molecule has 0 saturated heterocycles. The molecule has 1 atom stereocenters. The molecule has 0 spiro atoms. The number of amides is 1. The third-order valence-electron chi connectivity index (χ3n) is 2.07. The highest BCUT2D eigenvalue weighted by molar-refractivity contribution is 5.78. The van der Waals surface area contributed by atoms with Crippen LogP contribution >= 0.6 is 0 Å². The first-order chi connectivity index (χ1) is 7.95. The normalized spacial score (nSPS) is 11.6. The van der Waals surface area contributed by atoms with Gasteiger partial charge in [0.15, 0.2) is 6.10 Å². The number of rotatable bonds is 5. The van der Waals surface area contributed by atoms with E-state index in [-0.39, 0.29) is 11.4 Å². The van der Waals surface area contributed by atoms with E-state index in [4.69, 9.17) is 15.2 Å². The second-order valence-corrected chi connectivity index (χ2v) is 3.25. The maximum absolute atomic E-state index is 10.8. The number of nitrogens with zero attached hydrogens (tertiary/aromatic N) is 1. The first-order valence-corrected chi connectivity index (χ1v) is 4.74. The first kappa shape index (κ1) is 12.8. The van der Waals surface area contributed by atoms with E-state index in [1.54, 1.807) is 0 Å². The highest BCUT2D eigenvalue weighted by Gasteiger charge is 2.20. The molecule has 0 aliphatic heterocycles. The Morgan fingerprint density at radius 2 is 2.18 bits per heavy atom. The number of nitro benzene ring substituents is 1. The molecule has 2 N–H and O–H groups in total. The number of benzene rings is 1. The number of carbonyl (C=O) groups is 1. The van der Waals surface area contributed by atoms with Crippen LogP contribution in [0.1, 0.15) is 6.92 Å². The minimum Gasteiger partial charge on any atom is -0.497 e. The van der Waals surface area contributed by atoms with Crippen molar-refractivity contribution < 1.29 is 19.2 Å². The Bertz CT molecular complexity index is 446. The van der Waals surface area contributed by atoms with Crippen molar-refractivity contribution in [3.05, 3.63) is 28.3 Å². The maximum Gasteiger partial charge on any atom is 0.311 e. The lowest BCUT2D eigenvalue weighted by Crippen LogP contribution is -2.30. The summed E-state index contributed by atoms with van der Waals surface area (Å²) in [6, 6.07) is 4.00. The Hall–Kier alpha value is -2.31. The fraction of sp³-hybridized carbons (Fsp3) is 0.300. The Labute approximate surface area is 97.3 Å². The molecule has 0 bridgehead atoms. The molecule has 17 heavy (non-hydrogen) atoms. The van der Waals surface area contributed by atoms with E-state index in [1.807, 2.05) is 0 Å². The average Bonchev–Trinajstić information content (AvgIpc) is 2.28. The minimum absolute atomic E-state index is 0.0550. The molecule has 1 amide bonds. The van der Waals surface area contributed by atoms with Crippen LogP contribution in [0.4, 0.5) is 5.69 Å². The molecule has 0 aliphatic carbocycles. The number of nitrogens with two attached hydrogens (primary N) is 1. The monoisotopic (exact) mass is 240 g/mol. The van der Waals surface area contributed by atoms with Gasteiger partial charge in [0.05, 0.1) is 12.0 Å². The fourth-order valence-corrected chi connectivity index (χ4v) is 1.12. The van der Waals surface area contributed by atoms with Gasteiger partial charge in [-0.1, -0.05) is 0 Å². The van der Waals surface area contributed by atoms with Crippen LogP contribution in [0, 0.1) is 10.1 Å². The Kier molecular flexibility index (Phi) is 3.86. The zero-order chi connectivity index (χ0) is 13.0. The van der Waals surface area contributed by atoms with Crippen LogP contribution in [0.2, 0.25) is 0 Å². The van der Waals surface area contributed by atoms with Crippen molar-refractivity contribution in [2.24, 2.45) is 5.73 Å². The van der Waals surface area contributed by atoms with Crippen LogP contribution in [0.3, 0.4) is 0 Å². The average molecular weight is 240 g/mol. The fourth-order valence-electron chi connectivity index (χ4n) is 1.12. The van der Waals surface area contributed by atoms with E-state index in [0.29, 0.717) is 5.75 Å². The van der Waals surface area contributed by atoms with Crippen molar-refractivity contribution in [3.8, 4) is 11.5 Å². The van der Waals surface area contributed by atoms with Crippen molar-refractivity contribution in [2.75, 3.05) is 7.11 Å². The first-order valence-electron chi connectivity index (χ1n) is 4.74. The number of carbonyl (C=O) groups excluding carboxylic acids is 1. The molecule has 0 fully saturated rings. The van der Waals surface area contributed by atoms with E-state index in [1.165, 1.54) is 32.2 Å². The molecule has 7 heteroatoms. The highest BCUT2D eigenvalue weighted by atomic mass is 16.6. The van der Waals surface area contributed by atoms with Gasteiger partial charge in [0, 0.05) is 12.1 Å². The predicted molar refractivity (Wildman–Crippen MR) is 58.9 cm³/mol. The lowest BCUT2D eigenvalue weighted by atomic mass is 10.2. The van der Waals surface area contributed by atoms with Crippen LogP contribution in [-0.4, -0.2) is 24.0 Å². The van der Waals surface area contributed by atoms with Gasteiger partial charge < -0.3 is 15.2 Å². The van der Waals surface area contributed by atoms with Crippen LogP contribution in [0.25, 0.3) is 0 Å². The summed E-state index contributed by atoms with van der Waals surface area (Å²) in [4.78, 5) is 21.0. The minimum atomic E-state index is -0.958. The SMILES string of the molecule is COc1ccc([N+](=O)[O-])c(OC(C)C(N)=O)c1. The number of nitro groups is 1. The second kappa shape index (κ2) is 5.15. The number of hydrogen-bond donors (Lipinski definition) is 1. The van der Waals surface area contributed by atoms with Crippen molar-refractivity contribution >= 4 is 11.6 Å². The molecule has 1 aromatic carbocycles. The number of primary amides is 1. The van der Waals surface area contributed by atoms with Gasteiger partial charge in [0.1, 0.15) is 5.75 Å². The maximum atomic E-state index is 10.8. The molecule has 0 heterocycles. The Balaban J connectivity index is 3.09. The number of methoxy groups -OCH3 is 1. The van der Waals surface area contributed by atoms with Gasteiger partial charge in [0.2, 0.25) is 5.75 Å². The summed E-state index contributed by atoms with van der Waals surface area (Å²) in [5, 5.41) is 10.7. The summed E-state index contributed by atoms with van der Waals surface area (Å²) in [5.74, 6) is -0.370. The Morgan fingerprint density at radius 3 is 2.65 bits per heavy atom. The van der Waals surface area contributed by atoms with Crippen molar-refractivity contribution in [2.45, 2.75) is 13.0 Å². The van der Waals surface area contributed by atoms with Crippen LogP contribution in [-0.2, 0) is 4.79 Å². The van der Waals surface area contributed by atoms with Crippen molar-refractivity contribution in [1.82, 2.24) is 0 Å². The van der Waals surface area contributed by atoms with Gasteiger partial charge in [0.25, 0.3) is 5.91 Å². The standard InChI is InChI=1S/C10H12N2O5/c1-6(10(11)13)17-9-5-7(16-2)3-4-8(9)12(14)15/h3-6H,1-2H3,(H2,11,13). The summed E-state index contributed by atoms with van der Waals surface area (Å²) in [5.41, 5.74) is 4.76. The quantitative estimate of drug-likeness (QED) is 0.606. The molecule has 7 nitrogen and oxygen atoms in total. The van der Waals surface area contributed by atoms with E-state index < -0.39 is 16.9 Å². The lowest BCUT2D eigenvalue weighted by Gasteiger charge is -2.12. The number of hydrogen-bond acceptors (Lipinski definition) is 5. The summed E-state index contributed by atoms with van der Waals surface area (Å²) in [6.45, 7) is 1.41. The second-order valence-electron chi connectivity index (χ2n) is 3.25. The van der Waals surface area contributed by atoms with Gasteiger partial charge in [-0.2, -0.15) is 0 Å². The summed E-state index contributed by atoms with van der Waals surface area (Å²) in [6.07, 6.45) is -0.958. The van der Waals surface area contributed by atoms with Crippen LogP contribution in [0.5, 0.6) is 11.5 Å². The zero-order valence-corrected chi connectivity index (χ0v) is 9.38. The van der Waals surface area contributed by atoms with E-state index in [2.05, 4.69) is 0 Å². The largest absolute Gasteiger partial charge is 0.497 e. The highest BCUT2D eigenvalue weighted by Crippen LogP contribution is 2.31. The Morgan fingerprint density at radius 1 is 1.53 bits per heavy atom. The lowest BCUT2D eigenvalue weighted by molar-refractivity contribution is -0.386. The summed E-state index contributed by atoms with van der Waals surface area (Å²) < 4.78 is 10.0. The van der Waals surface area contributed by atoms with Crippen LogP contribution < -0.4 is 15.2 Å². The van der Waals surface area contributed by atoms with Crippen molar-refractivity contribution in [3.63, 3.8) is 0 Å². The molecule has 0 aliphatic rings. The van der Waals surface area contributed by atoms with Gasteiger partial charge >= 0.3 is 5.69 Å². The smallest absolute Gasteiger partial charge is 0.311 e. The third-order valence-corrected chi connectivity index (χ3v) is 2.07. The topological polar surface area (TPSA) is 105 Å². The molecule has 1 rings (SSSR count). The van der Waals surface area contributed by atoms with E-state index in [9.17, 15) is 14.9 Å². The number of ether oxygens (including phenoxy) is 2. The molecule has 92 valence electrons. The van der Waals surface area contributed by atoms with Gasteiger partial charge in [-0.3, -0.25) is 14.9 Å². The molecule has 1 aromatic rings. The van der Waals surface area contributed by atoms with Crippen molar-refractivity contribution in [1.29, 1.82) is 0 Å². The zero-order valence-electron chi connectivity index (χ0n) is 9.38. The molecule has 0 aromatic heterocycles. The third kappa shape index (κ3) is 3.07. The molecular formula is C10H12N2O5. The van der Waals surface area contributed by atoms with E-state index >= 15 is 0 Å². The molecule has 1 unspecified atom stereocenters. The van der Waals surface area contributed by atoms with E-state index in [0.717, 1.165) is 0 Å². The molecular weight excluding hydrogens is 228 g/mol. The van der Waals surface area contributed by atoms with Crippen LogP contribution in [0.15, 0.2) is 18.2 Å². The predicted octanol–water partition coefficient (Wildman–Crippen LogP) is 0.856. The van der Waals surface area contributed by atoms with Gasteiger partial charge in [-0.05, 0) is 13.0 Å². The van der Waals surface area contributed by atoms with Gasteiger partial charge in [-0.15, -0.1) is 0 Å². The summed E-state index contributed by atoms with van der Waals surface area (Å²) >= 11 is 0. The molecule has 0 radical (unpaired) electrons. The molecule has 0 saturated carbocycles. The van der Waals surface area contributed by atoms with Gasteiger partial charge in [-0.25, -0.2) is 0 Å². The summed E-state index contributed by atoms with van der Waals surface area (Å²) in [7, 11) is 1.42.